The predicted molar refractivity (Wildman–Crippen MR) is 123 cm³/mol. The van der Waals surface area contributed by atoms with E-state index in [2.05, 4.69) is 34.8 Å². The van der Waals surface area contributed by atoms with Gasteiger partial charge in [0.15, 0.2) is 5.96 Å². The van der Waals surface area contributed by atoms with Crippen molar-refractivity contribution in [2.75, 3.05) is 26.7 Å². The van der Waals surface area contributed by atoms with E-state index in [0.717, 1.165) is 49.0 Å². The number of rotatable bonds is 10. The molecule has 6 nitrogen and oxygen atoms in total. The maximum absolute atomic E-state index is 11.8. The molecule has 6 heteroatoms. The first-order valence-corrected chi connectivity index (χ1v) is 10.6. The van der Waals surface area contributed by atoms with Gasteiger partial charge in [-0.05, 0) is 54.7 Å². The van der Waals surface area contributed by atoms with Crippen molar-refractivity contribution in [2.45, 2.75) is 33.7 Å². The lowest BCUT2D eigenvalue weighted by molar-refractivity contribution is 0.0963. The summed E-state index contributed by atoms with van der Waals surface area (Å²) in [7, 11) is 1.64. The Labute approximate surface area is 180 Å². The van der Waals surface area contributed by atoms with E-state index < -0.39 is 0 Å². The second kappa shape index (κ2) is 12.5. The van der Waals surface area contributed by atoms with E-state index in [4.69, 9.17) is 4.74 Å². The third-order valence-electron chi connectivity index (χ3n) is 4.39. The molecule has 2 rings (SSSR count). The fourth-order valence-electron chi connectivity index (χ4n) is 2.80. The highest BCUT2D eigenvalue weighted by Crippen LogP contribution is 2.14. The molecule has 3 N–H and O–H groups in total. The number of nitrogens with zero attached hydrogens (tertiary/aromatic N) is 1. The maximum atomic E-state index is 11.8. The van der Waals surface area contributed by atoms with Crippen LogP contribution in [0.3, 0.4) is 0 Å². The number of hydrogen-bond donors (Lipinski definition) is 3. The molecule has 162 valence electrons. The number of aliphatic imine (C=N–C) groups is 1. The number of amides is 1. The van der Waals surface area contributed by atoms with E-state index in [9.17, 15) is 4.79 Å². The molecule has 0 fully saturated rings. The summed E-state index contributed by atoms with van der Waals surface area (Å²) < 4.78 is 5.73. The minimum atomic E-state index is -0.0691. The molecule has 0 aromatic heterocycles. The number of benzene rings is 2. The summed E-state index contributed by atoms with van der Waals surface area (Å²) in [5.74, 6) is 2.11. The molecule has 0 aliphatic rings. The molecule has 0 aliphatic heterocycles. The zero-order valence-corrected chi connectivity index (χ0v) is 18.5. The third kappa shape index (κ3) is 8.15. The highest BCUT2D eigenvalue weighted by molar-refractivity contribution is 5.94. The molecule has 0 radical (unpaired) electrons. The lowest BCUT2D eigenvalue weighted by Crippen LogP contribution is -2.38. The normalized spacial score (nSPS) is 11.3. The third-order valence-corrected chi connectivity index (χ3v) is 4.39. The lowest BCUT2D eigenvalue weighted by Gasteiger charge is -2.12. The van der Waals surface area contributed by atoms with E-state index in [1.165, 1.54) is 0 Å². The Morgan fingerprint density at radius 2 is 1.83 bits per heavy atom. The van der Waals surface area contributed by atoms with Crippen LogP contribution in [0.15, 0.2) is 53.5 Å². The topological polar surface area (TPSA) is 74.8 Å². The predicted octanol–water partition coefficient (Wildman–Crippen LogP) is 3.38. The van der Waals surface area contributed by atoms with Gasteiger partial charge in [-0.1, -0.05) is 38.1 Å². The molecule has 0 bridgehead atoms. The van der Waals surface area contributed by atoms with Gasteiger partial charge < -0.3 is 20.7 Å². The van der Waals surface area contributed by atoms with Gasteiger partial charge in [0.05, 0.1) is 13.2 Å². The first-order valence-electron chi connectivity index (χ1n) is 10.6. The zero-order chi connectivity index (χ0) is 21.8. The lowest BCUT2D eigenvalue weighted by atomic mass is 10.1. The molecule has 0 saturated carbocycles. The van der Waals surface area contributed by atoms with Gasteiger partial charge in [-0.3, -0.25) is 4.79 Å². The molecule has 0 aliphatic carbocycles. The average Bonchev–Trinajstić information content (AvgIpc) is 2.76. The van der Waals surface area contributed by atoms with Gasteiger partial charge >= 0.3 is 0 Å². The van der Waals surface area contributed by atoms with E-state index in [1.807, 2.05) is 55.5 Å². The van der Waals surface area contributed by atoms with Crippen molar-refractivity contribution in [1.29, 1.82) is 0 Å². The van der Waals surface area contributed by atoms with Gasteiger partial charge in [-0.15, -0.1) is 0 Å². The van der Waals surface area contributed by atoms with Gasteiger partial charge in [0, 0.05) is 25.7 Å². The van der Waals surface area contributed by atoms with Crippen molar-refractivity contribution in [3.8, 4) is 5.75 Å². The van der Waals surface area contributed by atoms with Crippen LogP contribution < -0.4 is 20.7 Å². The summed E-state index contributed by atoms with van der Waals surface area (Å²) >= 11 is 0. The Bertz CT molecular complexity index is 816. The Morgan fingerprint density at radius 3 is 2.50 bits per heavy atom. The van der Waals surface area contributed by atoms with Gasteiger partial charge in [0.1, 0.15) is 5.75 Å². The molecule has 0 heterocycles. The minimum Gasteiger partial charge on any atom is -0.493 e. The number of nitrogens with one attached hydrogen (secondary N) is 3. The van der Waals surface area contributed by atoms with Crippen LogP contribution in [-0.4, -0.2) is 38.6 Å². The highest BCUT2D eigenvalue weighted by atomic mass is 16.5. The minimum absolute atomic E-state index is 0.0691. The van der Waals surface area contributed by atoms with Crippen molar-refractivity contribution in [3.05, 3.63) is 65.2 Å². The van der Waals surface area contributed by atoms with Crippen LogP contribution in [-0.2, 0) is 13.0 Å². The second-order valence-corrected chi connectivity index (χ2v) is 7.50. The van der Waals surface area contributed by atoms with Crippen molar-refractivity contribution < 1.29 is 9.53 Å². The Balaban J connectivity index is 1.88. The van der Waals surface area contributed by atoms with Crippen LogP contribution in [0.2, 0.25) is 0 Å². The number of carbonyl (C=O) groups excluding carboxylic acids is 1. The summed E-state index contributed by atoms with van der Waals surface area (Å²) in [5.41, 5.74) is 2.91. The molecule has 2 aromatic rings. The van der Waals surface area contributed by atoms with Crippen LogP contribution in [0.4, 0.5) is 0 Å². The van der Waals surface area contributed by atoms with Crippen molar-refractivity contribution >= 4 is 11.9 Å². The number of hydrogen-bond acceptors (Lipinski definition) is 3. The van der Waals surface area contributed by atoms with E-state index in [1.54, 1.807) is 7.05 Å². The largest absolute Gasteiger partial charge is 0.493 e. The SMILES string of the molecule is CCNC(=NCc1ccc(OCC(C)C)cc1)NCCc1cccc(C(=O)NC)c1. The van der Waals surface area contributed by atoms with Crippen molar-refractivity contribution in [2.24, 2.45) is 10.9 Å². The van der Waals surface area contributed by atoms with Gasteiger partial charge in [0.25, 0.3) is 5.91 Å². The van der Waals surface area contributed by atoms with Gasteiger partial charge in [-0.2, -0.15) is 0 Å². The molecule has 0 spiro atoms. The molecule has 0 atom stereocenters. The number of ether oxygens (including phenoxy) is 1. The first-order chi connectivity index (χ1) is 14.5. The fraction of sp³-hybridized carbons (Fsp3) is 0.417. The first kappa shape index (κ1) is 23.3. The molecular formula is C24H34N4O2. The zero-order valence-electron chi connectivity index (χ0n) is 18.5. The van der Waals surface area contributed by atoms with E-state index in [0.29, 0.717) is 18.0 Å². The van der Waals surface area contributed by atoms with Gasteiger partial charge in [0.2, 0.25) is 0 Å². The summed E-state index contributed by atoms with van der Waals surface area (Å²) in [6, 6.07) is 15.8. The van der Waals surface area contributed by atoms with Gasteiger partial charge in [-0.25, -0.2) is 4.99 Å². The Kier molecular flexibility index (Phi) is 9.71. The highest BCUT2D eigenvalue weighted by Gasteiger charge is 2.04. The van der Waals surface area contributed by atoms with Crippen LogP contribution in [0, 0.1) is 5.92 Å². The quantitative estimate of drug-likeness (QED) is 0.415. The maximum Gasteiger partial charge on any atom is 0.251 e. The molecule has 30 heavy (non-hydrogen) atoms. The fourth-order valence-corrected chi connectivity index (χ4v) is 2.80. The average molecular weight is 411 g/mol. The van der Waals surface area contributed by atoms with Crippen molar-refractivity contribution in [1.82, 2.24) is 16.0 Å². The standard InChI is InChI=1S/C24H34N4O2/c1-5-26-24(27-14-13-19-7-6-8-21(15-19)23(29)25-4)28-16-20-9-11-22(12-10-20)30-17-18(2)3/h6-12,15,18H,5,13-14,16-17H2,1-4H3,(H,25,29)(H2,26,27,28). The van der Waals surface area contributed by atoms with Crippen molar-refractivity contribution in [3.63, 3.8) is 0 Å². The number of guanidine groups is 1. The second-order valence-electron chi connectivity index (χ2n) is 7.50. The Hall–Kier alpha value is -3.02. The Morgan fingerprint density at radius 1 is 1.07 bits per heavy atom. The molecule has 0 saturated heterocycles. The summed E-state index contributed by atoms with van der Waals surface area (Å²) in [5, 5.41) is 9.29. The van der Waals surface area contributed by atoms with Crippen LogP contribution in [0.25, 0.3) is 0 Å². The number of carbonyl (C=O) groups is 1. The smallest absolute Gasteiger partial charge is 0.251 e. The van der Waals surface area contributed by atoms with Crippen LogP contribution in [0.1, 0.15) is 42.3 Å². The molecular weight excluding hydrogens is 376 g/mol. The molecule has 2 aromatic carbocycles. The van der Waals surface area contributed by atoms with E-state index >= 15 is 0 Å². The summed E-state index contributed by atoms with van der Waals surface area (Å²) in [6.45, 7) is 9.15. The molecule has 1 amide bonds. The monoisotopic (exact) mass is 410 g/mol. The van der Waals surface area contributed by atoms with E-state index in [-0.39, 0.29) is 5.91 Å². The summed E-state index contributed by atoms with van der Waals surface area (Å²) in [4.78, 5) is 16.4. The molecule has 0 unspecified atom stereocenters. The van der Waals surface area contributed by atoms with Crippen LogP contribution in [0.5, 0.6) is 5.75 Å². The summed E-state index contributed by atoms with van der Waals surface area (Å²) in [6.07, 6.45) is 0.803. The van der Waals surface area contributed by atoms with Crippen LogP contribution >= 0.6 is 0 Å².